The molecule has 0 aromatic carbocycles. The number of ether oxygens (including phenoxy) is 12. The number of aliphatic hydroxyl groups is 3. The van der Waals surface area contributed by atoms with E-state index in [1.165, 1.54) is 30.4 Å². The van der Waals surface area contributed by atoms with Crippen LogP contribution >= 0.6 is 35.3 Å². The van der Waals surface area contributed by atoms with Crippen LogP contribution in [0.25, 0.3) is 0 Å². The number of aliphatic hydroxyl groups excluding tert-OH is 3. The average Bonchev–Trinajstić information content (AvgIpc) is 0.880. The number of hydrogen-bond acceptors (Lipinski definition) is 32. The monoisotopic (exact) mass is 1580 g/mol. The Morgan fingerprint density at radius 1 is 0.515 bits per heavy atom. The van der Waals surface area contributed by atoms with E-state index in [0.29, 0.717) is 74.2 Å². The first kappa shape index (κ1) is 105. The van der Waals surface area contributed by atoms with Crippen LogP contribution in [0.2, 0.25) is 0 Å². The number of carbonyl (C=O) groups excluding carboxylic acids is 10. The van der Waals surface area contributed by atoms with E-state index in [2.05, 4.69) is 43.2 Å². The fraction of sp³-hybridized carbons (Fsp3) is 0.765. The van der Waals surface area contributed by atoms with Crippen molar-refractivity contribution in [3.8, 4) is 0 Å². The van der Waals surface area contributed by atoms with Crippen LogP contribution in [0, 0.1) is 28.1 Å². The number of nitrogens with one attached hydrogen (secondary N) is 1. The van der Waals surface area contributed by atoms with Gasteiger partial charge >= 0.3 is 111 Å². The zero-order valence-electron chi connectivity index (χ0n) is 62.6. The summed E-state index contributed by atoms with van der Waals surface area (Å²) in [5.74, 6) is -2.41. The summed E-state index contributed by atoms with van der Waals surface area (Å²) in [6.07, 6.45) is 4.80. The van der Waals surface area contributed by atoms with E-state index >= 15 is 0 Å². The Kier molecular flexibility index (Phi) is 64.5. The number of amides is 1. The molecule has 103 heavy (non-hydrogen) atoms. The molecule has 7 unspecified atom stereocenters. The third kappa shape index (κ3) is 60.7. The number of carbonyl (C=O) groups is 10. The zero-order chi connectivity index (χ0) is 78.1. The second kappa shape index (κ2) is 63.0. The van der Waals surface area contributed by atoms with Gasteiger partial charge in [-0.2, -0.15) is 43.7 Å². The fourth-order valence-corrected chi connectivity index (χ4v) is 10.2. The first-order chi connectivity index (χ1) is 48.0. The Hall–Kier alpha value is -3.92. The van der Waals surface area contributed by atoms with Gasteiger partial charge in [0.1, 0.15) is 69.7 Å². The van der Waals surface area contributed by atoms with E-state index < -0.39 is 110 Å². The summed E-state index contributed by atoms with van der Waals surface area (Å²) in [6.45, 7) is 29.9. The molecule has 0 aromatic heterocycles. The van der Waals surface area contributed by atoms with E-state index in [4.69, 9.17) is 72.2 Å². The maximum atomic E-state index is 12.7. The minimum absolute atomic E-state index is 0. The predicted molar refractivity (Wildman–Crippen MR) is 382 cm³/mol. The van der Waals surface area contributed by atoms with Crippen LogP contribution in [-0.4, -0.2) is 241 Å². The van der Waals surface area contributed by atoms with Crippen LogP contribution in [0.5, 0.6) is 0 Å². The van der Waals surface area contributed by atoms with Crippen LogP contribution in [0.4, 0.5) is 4.79 Å². The molecule has 30 nitrogen and oxygen atoms in total. The molecule has 592 valence electrons. The zero-order valence-corrected chi connectivity index (χ0v) is 69.0. The minimum atomic E-state index is -4.50. The van der Waals surface area contributed by atoms with Crippen molar-refractivity contribution in [3.05, 3.63) is 38.0 Å². The molecule has 0 aliphatic rings. The standard InChI is InChI=1S/C23H40O12S2.C23H38O9S.C22H39NO8S.K/c1-5-18(3)13-31-14-19(15-37(29,30)35-28)34-22(27)12-23(4,16-32-20(25)6-2)17-33-21(26)8-11-36-10-7-9-24;1-7-18(25)30-15-23(6,16-31-20(27)14-33-11-9-10-24)12-19(26)32-17(3)13-29-21(28)22(4,5)8-2;1-5-18(3)15-28-11-8-12-29-21(27)23-22(4,16-30-19(25)6-2)17-31-20(26)9-14-32-13-7-10-24;/h6,18-19,24,28H,2,5,7-17H2,1,3-4H3;7,17,24H,1,8-16H2,2-6H3;6,18,24H,2,5,7-17H2,1,3-4H3,(H,23,27);/q;;;+1/p-1. The van der Waals surface area contributed by atoms with Gasteiger partial charge in [0.2, 0.25) is 0 Å². The molecule has 0 aliphatic heterocycles. The third-order valence-electron chi connectivity index (χ3n) is 14.1. The SMILES string of the molecule is C=CC(=O)OCC(C)(COC(=O)CCSCCCO)CC(=O)OC(COCC(C)CC)CS(=O)(=O)O[O-].C=CC(=O)OCC(C)(COC(=O)CCSCCCO)NC(=O)OCCCOCC(C)CC.C=CC(=O)OCC(C)(COC(=O)CSCCCO)CC(=O)OC(C)COC(=O)C(C)(C)CC.[K+]. The summed E-state index contributed by atoms with van der Waals surface area (Å²) < 4.78 is 89.4. The molecule has 0 radical (unpaired) electrons. The molecule has 0 aromatic rings. The van der Waals surface area contributed by atoms with Gasteiger partial charge in [-0.1, -0.05) is 81.0 Å². The molecular weight excluding hydrogens is 1460 g/mol. The van der Waals surface area contributed by atoms with Crippen molar-refractivity contribution >= 4 is 105 Å². The molecule has 4 N–H and O–H groups in total. The quantitative estimate of drug-likeness (QED) is 0.0129. The number of rotatable bonds is 58. The van der Waals surface area contributed by atoms with Crippen molar-refractivity contribution in [1.82, 2.24) is 5.32 Å². The summed E-state index contributed by atoms with van der Waals surface area (Å²) in [6, 6.07) is 0. The smallest absolute Gasteiger partial charge is 0.707 e. The molecule has 0 aliphatic carbocycles. The van der Waals surface area contributed by atoms with E-state index in [0.717, 1.165) is 36.8 Å². The van der Waals surface area contributed by atoms with Crippen molar-refractivity contribution in [2.24, 2.45) is 28.1 Å². The summed E-state index contributed by atoms with van der Waals surface area (Å²) in [7, 11) is -4.50. The molecule has 35 heteroatoms. The van der Waals surface area contributed by atoms with Crippen LogP contribution < -0.4 is 62.0 Å². The summed E-state index contributed by atoms with van der Waals surface area (Å²) >= 11 is 4.35. The summed E-state index contributed by atoms with van der Waals surface area (Å²) in [4.78, 5) is 120. The van der Waals surface area contributed by atoms with E-state index in [1.54, 1.807) is 46.4 Å². The first-order valence-electron chi connectivity index (χ1n) is 33.7. The molecule has 0 heterocycles. The van der Waals surface area contributed by atoms with E-state index in [-0.39, 0.29) is 174 Å². The van der Waals surface area contributed by atoms with Gasteiger partial charge < -0.3 is 87.1 Å². The third-order valence-corrected chi connectivity index (χ3v) is 18.2. The number of thioether (sulfide) groups is 3. The maximum absolute atomic E-state index is 12.7. The molecule has 0 saturated heterocycles. The molecule has 0 fully saturated rings. The Balaban J connectivity index is -0.000000712. The van der Waals surface area contributed by atoms with Crippen molar-refractivity contribution in [2.75, 3.05) is 139 Å². The largest absolute Gasteiger partial charge is 1.00 e. The van der Waals surface area contributed by atoms with Gasteiger partial charge in [-0.25, -0.2) is 19.2 Å². The second-order valence-electron chi connectivity index (χ2n) is 25.3. The second-order valence-corrected chi connectivity index (χ2v) is 30.4. The molecule has 1 amide bonds. The van der Waals surface area contributed by atoms with Crippen molar-refractivity contribution in [2.45, 2.75) is 165 Å². The van der Waals surface area contributed by atoms with Gasteiger partial charge in [0.25, 0.3) is 10.1 Å². The minimum Gasteiger partial charge on any atom is -0.707 e. The van der Waals surface area contributed by atoms with E-state index in [1.807, 2.05) is 20.8 Å². The summed E-state index contributed by atoms with van der Waals surface area (Å²) in [5.41, 5.74) is -4.02. The van der Waals surface area contributed by atoms with Crippen molar-refractivity contribution < 1.29 is 190 Å². The van der Waals surface area contributed by atoms with Crippen molar-refractivity contribution in [1.29, 1.82) is 0 Å². The Bertz CT molecular complexity index is 2570. The van der Waals surface area contributed by atoms with Crippen molar-refractivity contribution in [3.63, 3.8) is 0 Å². The van der Waals surface area contributed by atoms with E-state index in [9.17, 15) is 61.6 Å². The van der Waals surface area contributed by atoms with Crippen LogP contribution in [-0.2, 0) is 114 Å². The Labute approximate surface area is 664 Å². The number of esters is 9. The maximum Gasteiger partial charge on any atom is 1.00 e. The molecule has 7 atom stereocenters. The molecule has 0 saturated carbocycles. The number of hydrogen-bond donors (Lipinski definition) is 4. The van der Waals surface area contributed by atoms with Crippen LogP contribution in [0.1, 0.15) is 147 Å². The Morgan fingerprint density at radius 3 is 1.40 bits per heavy atom. The first-order valence-corrected chi connectivity index (χ1v) is 38.7. The van der Waals surface area contributed by atoms with Gasteiger partial charge in [0, 0.05) is 86.6 Å². The van der Waals surface area contributed by atoms with Crippen LogP contribution in [0.15, 0.2) is 38.0 Å². The summed E-state index contributed by atoms with van der Waals surface area (Å²) in [5, 5.41) is 39.4. The topological polar surface area (TPSA) is 421 Å². The van der Waals surface area contributed by atoms with Gasteiger partial charge in [-0.05, 0) is 82.5 Å². The molecule has 0 spiro atoms. The number of alkyl carbamates (subject to hydrolysis) is 1. The van der Waals surface area contributed by atoms with Gasteiger partial charge in [0.05, 0.1) is 50.1 Å². The average molecular weight is 1580 g/mol. The van der Waals surface area contributed by atoms with Crippen LogP contribution in [0.3, 0.4) is 0 Å². The fourth-order valence-electron chi connectivity index (χ4n) is 7.06. The Morgan fingerprint density at radius 2 is 0.942 bits per heavy atom. The molecule has 0 bridgehead atoms. The van der Waals surface area contributed by atoms with Gasteiger partial charge in [-0.15, -0.1) is 0 Å². The predicted octanol–water partition coefficient (Wildman–Crippen LogP) is 3.15. The van der Waals surface area contributed by atoms with Gasteiger partial charge in [0.15, 0.2) is 0 Å². The molecule has 0 rings (SSSR count). The normalized spacial score (nSPS) is 13.9. The van der Waals surface area contributed by atoms with Gasteiger partial charge in [-0.3, -0.25) is 28.8 Å². The molecular formula is C68H116KNO29S4.